The maximum atomic E-state index is 12.9. The Balaban J connectivity index is 1.52. The number of aromatic nitrogens is 2. The van der Waals surface area contributed by atoms with Gasteiger partial charge in [-0.05, 0) is 49.2 Å². The van der Waals surface area contributed by atoms with Gasteiger partial charge in [0.15, 0.2) is 5.82 Å². The first-order valence-corrected chi connectivity index (χ1v) is 9.53. The first-order chi connectivity index (χ1) is 13.7. The Hall–Kier alpha value is -2.84. The van der Waals surface area contributed by atoms with Gasteiger partial charge in [-0.2, -0.15) is 5.10 Å². The minimum atomic E-state index is -0.112. The lowest BCUT2D eigenvalue weighted by Crippen LogP contribution is -2.51. The maximum Gasteiger partial charge on any atom is 0.251 e. The van der Waals surface area contributed by atoms with Gasteiger partial charge in [0.25, 0.3) is 5.91 Å². The molecule has 1 aromatic carbocycles. The number of ether oxygens (including phenoxy) is 1. The molecule has 0 atom stereocenters. The van der Waals surface area contributed by atoms with E-state index in [1.54, 1.807) is 47.5 Å². The number of hydrogen-bond donors (Lipinski definition) is 2. The van der Waals surface area contributed by atoms with Gasteiger partial charge in [0.05, 0.1) is 11.6 Å². The van der Waals surface area contributed by atoms with Crippen LogP contribution in [0, 0.1) is 5.92 Å². The average molecular weight is 381 g/mol. The number of nitrogens with one attached hydrogen (secondary N) is 2. The zero-order valence-corrected chi connectivity index (χ0v) is 15.5. The lowest BCUT2D eigenvalue weighted by Gasteiger charge is -2.31. The van der Waals surface area contributed by atoms with Crippen LogP contribution >= 0.6 is 0 Å². The summed E-state index contributed by atoms with van der Waals surface area (Å²) in [5.74, 6) is 0.245. The highest BCUT2D eigenvalue weighted by molar-refractivity contribution is 6.02. The molecule has 2 saturated heterocycles. The summed E-state index contributed by atoms with van der Waals surface area (Å²) in [5, 5.41) is 14.2. The van der Waals surface area contributed by atoms with E-state index < -0.39 is 0 Å². The second-order valence-corrected chi connectivity index (χ2v) is 7.02. The van der Waals surface area contributed by atoms with Gasteiger partial charge in [0.1, 0.15) is 0 Å². The average Bonchev–Trinajstić information content (AvgIpc) is 2.69. The predicted octanol–water partition coefficient (Wildman–Crippen LogP) is 1.27. The normalized spacial score (nSPS) is 17.6. The number of carbonyl (C=O) groups excluding carboxylic acids is 2. The molecule has 3 heterocycles. The Morgan fingerprint density at radius 1 is 1.11 bits per heavy atom. The third-order valence-corrected chi connectivity index (χ3v) is 5.08. The van der Waals surface area contributed by atoms with Gasteiger partial charge in [0.2, 0.25) is 5.91 Å². The summed E-state index contributed by atoms with van der Waals surface area (Å²) in [6.45, 7) is 2.66. The number of amides is 2. The summed E-state index contributed by atoms with van der Waals surface area (Å²) in [4.78, 5) is 27.0. The van der Waals surface area contributed by atoms with Gasteiger partial charge < -0.3 is 15.4 Å². The molecule has 8 nitrogen and oxygen atoms in total. The Labute approximate surface area is 163 Å². The van der Waals surface area contributed by atoms with Crippen LogP contribution in [-0.2, 0) is 9.53 Å². The molecular formula is C20H23N5O3. The summed E-state index contributed by atoms with van der Waals surface area (Å²) < 4.78 is 5.32. The zero-order chi connectivity index (χ0) is 19.3. The van der Waals surface area contributed by atoms with E-state index in [-0.39, 0.29) is 23.8 Å². The van der Waals surface area contributed by atoms with Crippen molar-refractivity contribution in [1.82, 2.24) is 20.8 Å². The minimum absolute atomic E-state index is 0.0290. The van der Waals surface area contributed by atoms with Gasteiger partial charge in [-0.25, -0.2) is 0 Å². The van der Waals surface area contributed by atoms with E-state index in [0.717, 1.165) is 12.8 Å². The monoisotopic (exact) mass is 381 g/mol. The highest BCUT2D eigenvalue weighted by atomic mass is 16.5. The van der Waals surface area contributed by atoms with Crippen LogP contribution in [0.1, 0.15) is 23.2 Å². The van der Waals surface area contributed by atoms with Crippen LogP contribution in [0.5, 0.6) is 0 Å². The van der Waals surface area contributed by atoms with Crippen LogP contribution in [0.25, 0.3) is 0 Å². The van der Waals surface area contributed by atoms with Crippen LogP contribution in [-0.4, -0.2) is 54.4 Å². The number of benzene rings is 1. The van der Waals surface area contributed by atoms with E-state index in [2.05, 4.69) is 20.8 Å². The number of carbonyl (C=O) groups is 2. The molecule has 0 aliphatic carbocycles. The number of nitrogens with zero attached hydrogens (tertiary/aromatic N) is 3. The van der Waals surface area contributed by atoms with Crippen LogP contribution < -0.4 is 15.5 Å². The molecule has 2 aliphatic heterocycles. The molecule has 28 heavy (non-hydrogen) atoms. The van der Waals surface area contributed by atoms with Crippen molar-refractivity contribution in [3.05, 3.63) is 48.2 Å². The van der Waals surface area contributed by atoms with Crippen molar-refractivity contribution in [2.75, 3.05) is 31.2 Å². The molecule has 146 valence electrons. The smallest absolute Gasteiger partial charge is 0.251 e. The van der Waals surface area contributed by atoms with Crippen molar-refractivity contribution in [2.45, 2.75) is 18.9 Å². The van der Waals surface area contributed by atoms with E-state index in [4.69, 9.17) is 4.74 Å². The largest absolute Gasteiger partial charge is 0.381 e. The summed E-state index contributed by atoms with van der Waals surface area (Å²) in [6, 6.07) is 10.7. The molecule has 4 rings (SSSR count). The Kier molecular flexibility index (Phi) is 5.59. The highest BCUT2D eigenvalue weighted by Crippen LogP contribution is 2.26. The molecule has 2 aliphatic rings. The topological polar surface area (TPSA) is 96.5 Å². The molecule has 2 amide bonds. The van der Waals surface area contributed by atoms with Crippen LogP contribution in [0.15, 0.2) is 42.6 Å². The van der Waals surface area contributed by atoms with Gasteiger partial charge in [-0.1, -0.05) is 0 Å². The Morgan fingerprint density at radius 3 is 2.46 bits per heavy atom. The Morgan fingerprint density at radius 2 is 1.86 bits per heavy atom. The van der Waals surface area contributed by atoms with Gasteiger partial charge in [-0.15, -0.1) is 5.10 Å². The third-order valence-electron chi connectivity index (χ3n) is 5.08. The van der Waals surface area contributed by atoms with Crippen molar-refractivity contribution in [3.63, 3.8) is 0 Å². The van der Waals surface area contributed by atoms with E-state index in [0.29, 0.717) is 43.4 Å². The van der Waals surface area contributed by atoms with Gasteiger partial charge in [-0.3, -0.25) is 14.5 Å². The number of anilines is 2. The van der Waals surface area contributed by atoms with Crippen molar-refractivity contribution in [2.24, 2.45) is 5.92 Å². The lowest BCUT2D eigenvalue weighted by atomic mass is 10.0. The van der Waals surface area contributed by atoms with Crippen molar-refractivity contribution >= 4 is 23.3 Å². The van der Waals surface area contributed by atoms with Crippen LogP contribution in [0.4, 0.5) is 11.5 Å². The minimum Gasteiger partial charge on any atom is -0.381 e. The second-order valence-electron chi connectivity index (χ2n) is 7.02. The zero-order valence-electron chi connectivity index (χ0n) is 15.5. The maximum absolute atomic E-state index is 12.9. The number of hydrogen-bond acceptors (Lipinski definition) is 6. The molecule has 1 aromatic heterocycles. The molecule has 0 bridgehead atoms. The van der Waals surface area contributed by atoms with E-state index in [1.807, 2.05) is 0 Å². The van der Waals surface area contributed by atoms with Crippen molar-refractivity contribution in [3.8, 4) is 0 Å². The molecular weight excluding hydrogens is 358 g/mol. The summed E-state index contributed by atoms with van der Waals surface area (Å²) in [6.07, 6.45) is 3.23. The van der Waals surface area contributed by atoms with E-state index in [9.17, 15) is 9.59 Å². The molecule has 2 aromatic rings. The molecule has 0 saturated carbocycles. The van der Waals surface area contributed by atoms with Gasteiger partial charge >= 0.3 is 0 Å². The number of rotatable bonds is 5. The third kappa shape index (κ3) is 4.02. The SMILES string of the molecule is O=C(NC1CCOCC1)c1ccc(N(C(=O)C2CNC2)c2cccnn2)cc1. The molecule has 2 fully saturated rings. The quantitative estimate of drug-likeness (QED) is 0.810. The molecule has 8 heteroatoms. The molecule has 0 spiro atoms. The summed E-state index contributed by atoms with van der Waals surface area (Å²) in [7, 11) is 0. The first kappa shape index (κ1) is 18.5. The van der Waals surface area contributed by atoms with E-state index in [1.165, 1.54) is 0 Å². The van der Waals surface area contributed by atoms with Crippen LogP contribution in [0.2, 0.25) is 0 Å². The fourth-order valence-electron chi connectivity index (χ4n) is 3.30. The van der Waals surface area contributed by atoms with Crippen LogP contribution in [0.3, 0.4) is 0 Å². The molecule has 0 radical (unpaired) electrons. The summed E-state index contributed by atoms with van der Waals surface area (Å²) >= 11 is 0. The van der Waals surface area contributed by atoms with Crippen molar-refractivity contribution < 1.29 is 14.3 Å². The standard InChI is InChI=1S/C20H23N5O3/c26-19(23-16-7-10-28-11-8-16)14-3-5-17(6-4-14)25(18-2-1-9-22-24-18)20(27)15-12-21-13-15/h1-6,9,15-16,21H,7-8,10-13H2,(H,23,26). The fourth-order valence-corrected chi connectivity index (χ4v) is 3.30. The molecule has 0 unspecified atom stereocenters. The van der Waals surface area contributed by atoms with E-state index >= 15 is 0 Å². The fraction of sp³-hybridized carbons (Fsp3) is 0.400. The predicted molar refractivity (Wildman–Crippen MR) is 103 cm³/mol. The summed E-state index contributed by atoms with van der Waals surface area (Å²) in [5.41, 5.74) is 1.23. The lowest BCUT2D eigenvalue weighted by molar-refractivity contribution is -0.123. The van der Waals surface area contributed by atoms with Crippen molar-refractivity contribution in [1.29, 1.82) is 0 Å². The molecule has 2 N–H and O–H groups in total. The highest BCUT2D eigenvalue weighted by Gasteiger charge is 2.32. The first-order valence-electron chi connectivity index (χ1n) is 9.53. The van der Waals surface area contributed by atoms with Gasteiger partial charge in [0, 0.05) is 44.1 Å². The Bertz CT molecular complexity index is 817. The second kappa shape index (κ2) is 8.45.